The van der Waals surface area contributed by atoms with Gasteiger partial charge in [-0.05, 0) is 42.8 Å². The maximum Gasteiger partial charge on any atom is 0.268 e. The summed E-state index contributed by atoms with van der Waals surface area (Å²) in [5.41, 5.74) is 9.82. The number of benzene rings is 1. The highest BCUT2D eigenvalue weighted by atomic mass is 19.1. The van der Waals surface area contributed by atoms with Crippen molar-refractivity contribution in [3.8, 4) is 5.69 Å². The number of rotatable bonds is 3. The summed E-state index contributed by atoms with van der Waals surface area (Å²) in [7, 11) is 0. The maximum atomic E-state index is 13.0. The molecule has 0 fully saturated rings. The molecule has 7 heteroatoms. The van der Waals surface area contributed by atoms with Crippen LogP contribution in [-0.4, -0.2) is 16.4 Å². The number of hydrogen-bond donors (Lipinski definition) is 2. The van der Waals surface area contributed by atoms with Crippen molar-refractivity contribution in [3.63, 3.8) is 0 Å². The summed E-state index contributed by atoms with van der Waals surface area (Å²) in [4.78, 5) is 35.2. The van der Waals surface area contributed by atoms with Gasteiger partial charge in [0.25, 0.3) is 17.4 Å². The third-order valence-electron chi connectivity index (χ3n) is 2.98. The Balaban J connectivity index is 2.90. The summed E-state index contributed by atoms with van der Waals surface area (Å²) in [6, 6.07) is 6.06. The number of hydrogen-bond acceptors (Lipinski definition) is 3. The Morgan fingerprint density at radius 3 is 2.14 bits per heavy atom. The summed E-state index contributed by atoms with van der Waals surface area (Å²) in [6.07, 6.45) is 0. The van der Waals surface area contributed by atoms with Gasteiger partial charge in [0.2, 0.25) is 0 Å². The molecule has 0 saturated carbocycles. The highest BCUT2D eigenvalue weighted by molar-refractivity contribution is 5.96. The van der Waals surface area contributed by atoms with Gasteiger partial charge < -0.3 is 11.5 Å². The Labute approximate surface area is 118 Å². The first-order valence-electron chi connectivity index (χ1n) is 5.95. The number of aromatic nitrogens is 1. The van der Waals surface area contributed by atoms with E-state index in [1.54, 1.807) is 0 Å². The van der Waals surface area contributed by atoms with Crippen LogP contribution in [0.25, 0.3) is 5.69 Å². The van der Waals surface area contributed by atoms with Crippen LogP contribution in [-0.2, 0) is 0 Å². The predicted molar refractivity (Wildman–Crippen MR) is 73.8 cm³/mol. The minimum absolute atomic E-state index is 0.0865. The van der Waals surface area contributed by atoms with Crippen molar-refractivity contribution in [3.05, 3.63) is 63.3 Å². The lowest BCUT2D eigenvalue weighted by Gasteiger charge is -2.14. The molecule has 0 saturated heterocycles. The second-order valence-electron chi connectivity index (χ2n) is 4.44. The number of primary amides is 2. The lowest BCUT2D eigenvalue weighted by molar-refractivity contribution is 0.0980. The van der Waals surface area contributed by atoms with E-state index in [2.05, 4.69) is 0 Å². The fourth-order valence-corrected chi connectivity index (χ4v) is 2.06. The van der Waals surface area contributed by atoms with E-state index in [-0.39, 0.29) is 16.9 Å². The molecular weight excluding hydrogens is 277 g/mol. The quantitative estimate of drug-likeness (QED) is 0.857. The molecule has 4 N–H and O–H groups in total. The van der Waals surface area contributed by atoms with Crippen LogP contribution in [0.2, 0.25) is 0 Å². The molecule has 21 heavy (non-hydrogen) atoms. The smallest absolute Gasteiger partial charge is 0.268 e. The van der Waals surface area contributed by atoms with Gasteiger partial charge in [0.1, 0.15) is 17.1 Å². The number of amides is 2. The van der Waals surface area contributed by atoms with Crippen molar-refractivity contribution in [2.45, 2.75) is 6.92 Å². The lowest BCUT2D eigenvalue weighted by atomic mass is 10.1. The second kappa shape index (κ2) is 5.20. The molecule has 0 bridgehead atoms. The number of aryl methyl sites for hydroxylation is 1. The zero-order chi connectivity index (χ0) is 15.7. The molecule has 108 valence electrons. The molecule has 2 amide bonds. The molecule has 0 aliphatic heterocycles. The van der Waals surface area contributed by atoms with Crippen LogP contribution in [0.1, 0.15) is 26.4 Å². The van der Waals surface area contributed by atoms with Crippen LogP contribution in [0.4, 0.5) is 4.39 Å². The van der Waals surface area contributed by atoms with Gasteiger partial charge in [-0.25, -0.2) is 4.39 Å². The Bertz CT molecular complexity index is 794. The van der Waals surface area contributed by atoms with Crippen LogP contribution in [0, 0.1) is 12.7 Å². The summed E-state index contributed by atoms with van der Waals surface area (Å²) in [6.45, 7) is 1.52. The first kappa shape index (κ1) is 14.4. The average Bonchev–Trinajstić information content (AvgIpc) is 2.41. The number of pyridine rings is 1. The number of carbonyl (C=O) groups excluding carboxylic acids is 2. The van der Waals surface area contributed by atoms with E-state index in [1.807, 2.05) is 0 Å². The van der Waals surface area contributed by atoms with E-state index in [1.165, 1.54) is 25.1 Å². The van der Waals surface area contributed by atoms with E-state index in [0.29, 0.717) is 5.56 Å². The Morgan fingerprint density at radius 1 is 1.10 bits per heavy atom. The average molecular weight is 289 g/mol. The standard InChI is InChI=1S/C14H12FN3O3/c1-7-6-10(12(16)19)14(21)18(11(7)13(17)20)9-4-2-8(15)3-5-9/h2-6H,1H3,(H2,16,19)(H2,17,20). The SMILES string of the molecule is Cc1cc(C(N)=O)c(=O)n(-c2ccc(F)cc2)c1C(N)=O. The zero-order valence-electron chi connectivity index (χ0n) is 11.1. The highest BCUT2D eigenvalue weighted by Crippen LogP contribution is 2.14. The van der Waals surface area contributed by atoms with E-state index in [0.717, 1.165) is 16.7 Å². The van der Waals surface area contributed by atoms with E-state index >= 15 is 0 Å². The first-order valence-corrected chi connectivity index (χ1v) is 5.95. The molecule has 2 aromatic rings. The molecule has 0 aliphatic carbocycles. The molecule has 6 nitrogen and oxygen atoms in total. The van der Waals surface area contributed by atoms with Gasteiger partial charge >= 0.3 is 0 Å². The topological polar surface area (TPSA) is 108 Å². The van der Waals surface area contributed by atoms with Crippen molar-refractivity contribution in [1.29, 1.82) is 0 Å². The minimum atomic E-state index is -0.921. The maximum absolute atomic E-state index is 13.0. The van der Waals surface area contributed by atoms with Crippen LogP contribution < -0.4 is 17.0 Å². The third kappa shape index (κ3) is 2.53. The van der Waals surface area contributed by atoms with Crippen LogP contribution in [0.15, 0.2) is 35.1 Å². The van der Waals surface area contributed by atoms with Gasteiger partial charge in [0.15, 0.2) is 0 Å². The molecule has 0 radical (unpaired) electrons. The van der Waals surface area contributed by atoms with Crippen LogP contribution in [0.3, 0.4) is 0 Å². The normalized spacial score (nSPS) is 10.4. The molecule has 0 unspecified atom stereocenters. The number of carbonyl (C=O) groups is 2. The molecule has 1 aromatic heterocycles. The zero-order valence-corrected chi connectivity index (χ0v) is 11.1. The number of nitrogens with zero attached hydrogens (tertiary/aromatic N) is 1. The van der Waals surface area contributed by atoms with Gasteiger partial charge in [-0.15, -0.1) is 0 Å². The van der Waals surface area contributed by atoms with Gasteiger partial charge in [0.05, 0.1) is 0 Å². The Hall–Kier alpha value is -2.96. The third-order valence-corrected chi connectivity index (χ3v) is 2.98. The number of nitrogens with two attached hydrogens (primary N) is 2. The van der Waals surface area contributed by atoms with E-state index in [4.69, 9.17) is 11.5 Å². The van der Waals surface area contributed by atoms with Crippen molar-refractivity contribution in [1.82, 2.24) is 4.57 Å². The van der Waals surface area contributed by atoms with Gasteiger partial charge in [-0.3, -0.25) is 19.0 Å². The van der Waals surface area contributed by atoms with E-state index in [9.17, 15) is 18.8 Å². The largest absolute Gasteiger partial charge is 0.365 e. The Kier molecular flexibility index (Phi) is 3.58. The van der Waals surface area contributed by atoms with Gasteiger partial charge in [0, 0.05) is 5.69 Å². The molecule has 0 atom stereocenters. The molecule has 2 rings (SSSR count). The van der Waals surface area contributed by atoms with Crippen molar-refractivity contribution < 1.29 is 14.0 Å². The summed E-state index contributed by atoms with van der Waals surface area (Å²) in [5.74, 6) is -2.27. The highest BCUT2D eigenvalue weighted by Gasteiger charge is 2.20. The second-order valence-corrected chi connectivity index (χ2v) is 4.44. The minimum Gasteiger partial charge on any atom is -0.365 e. The molecule has 1 aromatic carbocycles. The lowest BCUT2D eigenvalue weighted by Crippen LogP contribution is -2.34. The molecular formula is C14H12FN3O3. The molecule has 0 aliphatic rings. The van der Waals surface area contributed by atoms with Gasteiger partial charge in [-0.1, -0.05) is 0 Å². The number of halogens is 1. The van der Waals surface area contributed by atoms with Crippen molar-refractivity contribution >= 4 is 11.8 Å². The monoisotopic (exact) mass is 289 g/mol. The predicted octanol–water partition coefficient (Wildman–Crippen LogP) is 0.483. The van der Waals surface area contributed by atoms with Crippen molar-refractivity contribution in [2.75, 3.05) is 0 Å². The first-order chi connectivity index (χ1) is 9.82. The molecule has 0 spiro atoms. The van der Waals surface area contributed by atoms with Crippen LogP contribution >= 0.6 is 0 Å². The Morgan fingerprint density at radius 2 is 1.67 bits per heavy atom. The fourth-order valence-electron chi connectivity index (χ4n) is 2.06. The summed E-state index contributed by atoms with van der Waals surface area (Å²) >= 11 is 0. The molecule has 1 heterocycles. The fraction of sp³-hybridized carbons (Fsp3) is 0.0714. The summed E-state index contributed by atoms with van der Waals surface area (Å²) < 4.78 is 14.0. The van der Waals surface area contributed by atoms with Gasteiger partial charge in [-0.2, -0.15) is 0 Å². The van der Waals surface area contributed by atoms with Crippen LogP contribution in [0.5, 0.6) is 0 Å². The van der Waals surface area contributed by atoms with Crippen molar-refractivity contribution in [2.24, 2.45) is 11.5 Å². The van der Waals surface area contributed by atoms with E-state index < -0.39 is 23.2 Å². The summed E-state index contributed by atoms with van der Waals surface area (Å²) in [5, 5.41) is 0.